The average molecular weight is 299 g/mol. The van der Waals surface area contributed by atoms with Crippen LogP contribution in [-0.4, -0.2) is 29.5 Å². The highest BCUT2D eigenvalue weighted by Gasteiger charge is 2.16. The number of aryl methyl sites for hydroxylation is 1. The molecule has 0 spiro atoms. The van der Waals surface area contributed by atoms with Crippen molar-refractivity contribution in [1.82, 2.24) is 9.55 Å². The lowest BCUT2D eigenvalue weighted by atomic mass is 10.6. The first-order valence-electron chi connectivity index (χ1n) is 4.72. The number of thioether (sulfide) groups is 1. The summed E-state index contributed by atoms with van der Waals surface area (Å²) in [6.45, 7) is 2.28. The molecule has 1 aromatic rings. The van der Waals surface area contributed by atoms with Gasteiger partial charge in [0.2, 0.25) is 0 Å². The number of aromatic nitrogens is 2. The van der Waals surface area contributed by atoms with E-state index in [1.54, 1.807) is 11.8 Å². The molecule has 0 aliphatic rings. The zero-order valence-electron chi connectivity index (χ0n) is 8.97. The second kappa shape index (κ2) is 5.74. The molecule has 0 aliphatic carbocycles. The van der Waals surface area contributed by atoms with Gasteiger partial charge in [0.15, 0.2) is 4.90 Å². The van der Waals surface area contributed by atoms with E-state index in [0.29, 0.717) is 12.3 Å². The molecule has 6 nitrogen and oxygen atoms in total. The van der Waals surface area contributed by atoms with Gasteiger partial charge in [-0.3, -0.25) is 14.3 Å². The van der Waals surface area contributed by atoms with Crippen molar-refractivity contribution in [3.63, 3.8) is 0 Å². The smallest absolute Gasteiger partial charge is 0.298 e. The first-order valence-corrected chi connectivity index (χ1v) is 8.19. The Labute approximate surface area is 106 Å². The van der Waals surface area contributed by atoms with Gasteiger partial charge in [-0.1, -0.05) is 6.92 Å². The Hall–Kier alpha value is -0.730. The summed E-state index contributed by atoms with van der Waals surface area (Å²) in [7, 11) is 0.940. The molecule has 0 amide bonds. The fraction of sp³-hybridized carbons (Fsp3) is 0.500. The number of nitrogens with one attached hydrogen (secondary N) is 1. The van der Waals surface area contributed by atoms with E-state index < -0.39 is 25.2 Å². The molecule has 1 rings (SSSR count). The van der Waals surface area contributed by atoms with Crippen LogP contribution in [0.2, 0.25) is 0 Å². The third-order valence-electron chi connectivity index (χ3n) is 1.92. The van der Waals surface area contributed by atoms with E-state index in [0.717, 1.165) is 16.5 Å². The molecule has 0 fully saturated rings. The Morgan fingerprint density at radius 3 is 2.65 bits per heavy atom. The van der Waals surface area contributed by atoms with Gasteiger partial charge in [0.1, 0.15) is 0 Å². The van der Waals surface area contributed by atoms with E-state index in [9.17, 15) is 18.0 Å². The van der Waals surface area contributed by atoms with Crippen LogP contribution in [0.25, 0.3) is 0 Å². The molecular weight excluding hydrogens is 288 g/mol. The minimum Gasteiger partial charge on any atom is -0.298 e. The predicted octanol–water partition coefficient (Wildman–Crippen LogP) is 0.217. The van der Waals surface area contributed by atoms with Crippen LogP contribution < -0.4 is 11.2 Å². The van der Waals surface area contributed by atoms with E-state index in [1.165, 1.54) is 0 Å². The average Bonchev–Trinajstić information content (AvgIpc) is 2.19. The number of rotatable bonds is 5. The molecule has 0 radical (unpaired) electrons. The van der Waals surface area contributed by atoms with Crippen LogP contribution in [0.5, 0.6) is 0 Å². The Kier molecular flexibility index (Phi) is 4.84. The van der Waals surface area contributed by atoms with Crippen LogP contribution >= 0.6 is 22.4 Å². The maximum Gasteiger partial charge on any atom is 0.328 e. The van der Waals surface area contributed by atoms with Gasteiger partial charge in [-0.05, 0) is 5.75 Å². The van der Waals surface area contributed by atoms with Crippen molar-refractivity contribution >= 4 is 31.5 Å². The summed E-state index contributed by atoms with van der Waals surface area (Å²) in [6, 6.07) is 0. The van der Waals surface area contributed by atoms with Crippen molar-refractivity contribution < 1.29 is 8.42 Å². The minimum absolute atomic E-state index is 0.313. The molecule has 1 heterocycles. The van der Waals surface area contributed by atoms with Gasteiger partial charge >= 0.3 is 5.69 Å². The maximum absolute atomic E-state index is 11.4. The van der Waals surface area contributed by atoms with Crippen molar-refractivity contribution in [3.05, 3.63) is 27.0 Å². The summed E-state index contributed by atoms with van der Waals surface area (Å²) in [5.74, 6) is 1.53. The quantitative estimate of drug-likeness (QED) is 0.620. The monoisotopic (exact) mass is 298 g/mol. The van der Waals surface area contributed by atoms with Crippen LogP contribution in [0.3, 0.4) is 0 Å². The number of hydrogen-bond acceptors (Lipinski definition) is 5. The van der Waals surface area contributed by atoms with Gasteiger partial charge in [0.05, 0.1) is 0 Å². The van der Waals surface area contributed by atoms with E-state index in [-0.39, 0.29) is 0 Å². The fourth-order valence-corrected chi connectivity index (χ4v) is 2.61. The van der Waals surface area contributed by atoms with E-state index in [1.807, 2.05) is 11.9 Å². The number of hydrogen-bond donors (Lipinski definition) is 1. The summed E-state index contributed by atoms with van der Waals surface area (Å²) < 4.78 is 23.3. The van der Waals surface area contributed by atoms with Crippen LogP contribution in [0.1, 0.15) is 6.92 Å². The molecule has 0 atom stereocenters. The van der Waals surface area contributed by atoms with Gasteiger partial charge in [-0.25, -0.2) is 13.2 Å². The van der Waals surface area contributed by atoms with Gasteiger partial charge in [0, 0.05) is 29.2 Å². The topological polar surface area (TPSA) is 89.0 Å². The maximum atomic E-state index is 11.4. The molecule has 0 bridgehead atoms. The first-order chi connectivity index (χ1) is 7.86. The zero-order chi connectivity index (χ0) is 13.1. The summed E-state index contributed by atoms with van der Waals surface area (Å²) in [5, 5.41) is 0. The Morgan fingerprint density at radius 2 is 2.12 bits per heavy atom. The van der Waals surface area contributed by atoms with Gasteiger partial charge in [0.25, 0.3) is 14.6 Å². The predicted molar refractivity (Wildman–Crippen MR) is 67.4 cm³/mol. The molecule has 0 unspecified atom stereocenters. The van der Waals surface area contributed by atoms with Crippen molar-refractivity contribution in [2.24, 2.45) is 0 Å². The Bertz CT molecular complexity index is 605. The number of H-pyrrole nitrogens is 1. The highest BCUT2D eigenvalue weighted by atomic mass is 35.7. The number of aromatic amines is 1. The first kappa shape index (κ1) is 14.3. The normalized spacial score (nSPS) is 11.6. The lowest BCUT2D eigenvalue weighted by Gasteiger charge is -2.05. The Morgan fingerprint density at radius 1 is 1.47 bits per heavy atom. The van der Waals surface area contributed by atoms with Gasteiger partial charge in [-0.2, -0.15) is 11.8 Å². The van der Waals surface area contributed by atoms with Crippen LogP contribution in [0.4, 0.5) is 0 Å². The summed E-state index contributed by atoms with van der Waals surface area (Å²) in [5.41, 5.74) is -1.64. The Balaban J connectivity index is 3.16. The third kappa shape index (κ3) is 3.90. The molecule has 1 N–H and O–H groups in total. The van der Waals surface area contributed by atoms with Crippen LogP contribution in [0.15, 0.2) is 20.7 Å². The highest BCUT2D eigenvalue weighted by Crippen LogP contribution is 2.07. The second-order valence-electron chi connectivity index (χ2n) is 3.08. The summed E-state index contributed by atoms with van der Waals surface area (Å²) >= 11 is 1.60. The largest absolute Gasteiger partial charge is 0.328 e. The molecule has 0 aromatic carbocycles. The summed E-state index contributed by atoms with van der Waals surface area (Å²) in [6.07, 6.45) is 0.972. The molecule has 0 saturated heterocycles. The highest BCUT2D eigenvalue weighted by molar-refractivity contribution is 8.13. The molecule has 0 aliphatic heterocycles. The molecule has 9 heteroatoms. The van der Waals surface area contributed by atoms with Crippen LogP contribution in [0, 0.1) is 0 Å². The minimum atomic E-state index is -4.14. The fourth-order valence-electron chi connectivity index (χ4n) is 1.14. The molecule has 96 valence electrons. The lowest BCUT2D eigenvalue weighted by molar-refractivity contribution is 0.602. The van der Waals surface area contributed by atoms with Crippen LogP contribution in [-0.2, 0) is 15.6 Å². The lowest BCUT2D eigenvalue weighted by Crippen LogP contribution is -2.32. The molecule has 0 saturated carbocycles. The van der Waals surface area contributed by atoms with Gasteiger partial charge < -0.3 is 0 Å². The SMILES string of the molecule is CCSCCn1cc(S(=O)(=O)Cl)c(=O)[nH]c1=O. The third-order valence-corrected chi connectivity index (χ3v) is 4.12. The molecular formula is C8H11ClN2O4S2. The molecule has 1 aromatic heterocycles. The zero-order valence-corrected chi connectivity index (χ0v) is 11.4. The second-order valence-corrected chi connectivity index (χ2v) is 7.01. The van der Waals surface area contributed by atoms with E-state index in [4.69, 9.17) is 10.7 Å². The van der Waals surface area contributed by atoms with Crippen molar-refractivity contribution in [1.29, 1.82) is 0 Å². The van der Waals surface area contributed by atoms with E-state index >= 15 is 0 Å². The van der Waals surface area contributed by atoms with E-state index in [2.05, 4.69) is 0 Å². The number of nitrogens with zero attached hydrogens (tertiary/aromatic N) is 1. The van der Waals surface area contributed by atoms with Gasteiger partial charge in [-0.15, -0.1) is 0 Å². The van der Waals surface area contributed by atoms with Crippen molar-refractivity contribution in [2.75, 3.05) is 11.5 Å². The summed E-state index contributed by atoms with van der Waals surface area (Å²) in [4.78, 5) is 23.9. The standard InChI is InChI=1S/C8H11ClN2O4S2/c1-2-16-4-3-11-5-6(17(9,14)15)7(12)10-8(11)13/h5H,2-4H2,1H3,(H,10,12,13). The van der Waals surface area contributed by atoms with Crippen molar-refractivity contribution in [2.45, 2.75) is 18.4 Å². The number of halogens is 1. The molecule has 17 heavy (non-hydrogen) atoms. The van der Waals surface area contributed by atoms with Crippen molar-refractivity contribution in [3.8, 4) is 0 Å².